The summed E-state index contributed by atoms with van der Waals surface area (Å²) in [4.78, 5) is 24.3. The highest BCUT2D eigenvalue weighted by Crippen LogP contribution is 2.61. The average Bonchev–Trinajstić information content (AvgIpc) is 2.63. The molecule has 2 saturated carbocycles. The summed E-state index contributed by atoms with van der Waals surface area (Å²) in [6.07, 6.45) is 1.45. The van der Waals surface area contributed by atoms with Crippen molar-refractivity contribution in [3.05, 3.63) is 0 Å². The van der Waals surface area contributed by atoms with Gasteiger partial charge >= 0.3 is 0 Å². The lowest BCUT2D eigenvalue weighted by Gasteiger charge is -2.23. The van der Waals surface area contributed by atoms with Crippen LogP contribution >= 0.6 is 0 Å². The summed E-state index contributed by atoms with van der Waals surface area (Å²) in [5.74, 6) is 0.542. The molecule has 2 N–H and O–H groups in total. The molecule has 4 nitrogen and oxygen atoms in total. The molecule has 2 aliphatic carbocycles. The fraction of sp³-hybridized carbons (Fsp3) is 0.846. The van der Waals surface area contributed by atoms with Gasteiger partial charge in [0.05, 0.1) is 6.04 Å². The zero-order valence-electron chi connectivity index (χ0n) is 10.5. The molecule has 94 valence electrons. The van der Waals surface area contributed by atoms with Crippen LogP contribution in [-0.2, 0) is 9.59 Å². The Labute approximate surface area is 102 Å². The van der Waals surface area contributed by atoms with E-state index in [4.69, 9.17) is 0 Å². The SMILES string of the molecule is CC1(C)C2C(=O)CC(NC3CCNC3)C(=O)C21. The maximum atomic E-state index is 12.3. The molecular formula is C13H20N2O2. The van der Waals surface area contributed by atoms with Crippen LogP contribution in [0.15, 0.2) is 0 Å². The minimum absolute atomic E-state index is 0.00903. The number of ketones is 2. The van der Waals surface area contributed by atoms with Gasteiger partial charge in [-0.05, 0) is 18.4 Å². The van der Waals surface area contributed by atoms with E-state index in [1.807, 2.05) is 13.8 Å². The fourth-order valence-corrected chi connectivity index (χ4v) is 3.64. The molecule has 0 aromatic heterocycles. The van der Waals surface area contributed by atoms with Crippen molar-refractivity contribution in [1.29, 1.82) is 0 Å². The Bertz CT molecular complexity index is 372. The first kappa shape index (κ1) is 11.4. The van der Waals surface area contributed by atoms with Crippen molar-refractivity contribution in [2.75, 3.05) is 13.1 Å². The van der Waals surface area contributed by atoms with Crippen molar-refractivity contribution < 1.29 is 9.59 Å². The Kier molecular flexibility index (Phi) is 2.42. The number of Topliss-reactive ketones (excluding diaryl/α,β-unsaturated/α-hetero) is 2. The first-order valence-corrected chi connectivity index (χ1v) is 6.55. The predicted molar refractivity (Wildman–Crippen MR) is 63.6 cm³/mol. The molecule has 1 aliphatic heterocycles. The highest BCUT2D eigenvalue weighted by atomic mass is 16.1. The summed E-state index contributed by atoms with van der Waals surface area (Å²) >= 11 is 0. The first-order chi connectivity index (χ1) is 8.01. The Hall–Kier alpha value is -0.740. The van der Waals surface area contributed by atoms with E-state index in [0.717, 1.165) is 19.5 Å². The Morgan fingerprint density at radius 3 is 2.71 bits per heavy atom. The van der Waals surface area contributed by atoms with Crippen LogP contribution in [0.4, 0.5) is 0 Å². The molecule has 0 aromatic rings. The molecule has 4 heteroatoms. The van der Waals surface area contributed by atoms with Gasteiger partial charge in [-0.15, -0.1) is 0 Å². The maximum Gasteiger partial charge on any atom is 0.154 e. The van der Waals surface area contributed by atoms with Crippen molar-refractivity contribution in [1.82, 2.24) is 10.6 Å². The molecule has 0 aromatic carbocycles. The van der Waals surface area contributed by atoms with Crippen LogP contribution in [0.5, 0.6) is 0 Å². The smallest absolute Gasteiger partial charge is 0.154 e. The van der Waals surface area contributed by atoms with Gasteiger partial charge in [0.15, 0.2) is 5.78 Å². The Morgan fingerprint density at radius 1 is 1.29 bits per heavy atom. The molecule has 0 amide bonds. The molecule has 0 spiro atoms. The molecule has 3 fully saturated rings. The standard InChI is InChI=1S/C13H20N2O2/c1-13(2)10-9(16)5-8(12(17)11(10)13)15-7-3-4-14-6-7/h7-8,10-11,14-15H,3-6H2,1-2H3. The van der Waals surface area contributed by atoms with Gasteiger partial charge in [0.25, 0.3) is 0 Å². The van der Waals surface area contributed by atoms with Gasteiger partial charge < -0.3 is 10.6 Å². The third-order valence-electron chi connectivity index (χ3n) is 4.73. The molecule has 17 heavy (non-hydrogen) atoms. The molecule has 3 aliphatic rings. The zero-order chi connectivity index (χ0) is 12.2. The second-order valence-electron chi connectivity index (χ2n) is 6.26. The van der Waals surface area contributed by atoms with E-state index < -0.39 is 0 Å². The van der Waals surface area contributed by atoms with Crippen LogP contribution in [-0.4, -0.2) is 36.7 Å². The van der Waals surface area contributed by atoms with E-state index in [9.17, 15) is 9.59 Å². The lowest BCUT2D eigenvalue weighted by Crippen LogP contribution is -2.48. The molecule has 3 rings (SSSR count). The minimum Gasteiger partial charge on any atom is -0.315 e. The van der Waals surface area contributed by atoms with Crippen molar-refractivity contribution in [3.8, 4) is 0 Å². The van der Waals surface area contributed by atoms with Crippen LogP contribution in [0.3, 0.4) is 0 Å². The topological polar surface area (TPSA) is 58.2 Å². The van der Waals surface area contributed by atoms with Gasteiger partial charge in [-0.2, -0.15) is 0 Å². The lowest BCUT2D eigenvalue weighted by atomic mass is 9.92. The van der Waals surface area contributed by atoms with Crippen LogP contribution in [0.2, 0.25) is 0 Å². The monoisotopic (exact) mass is 236 g/mol. The van der Waals surface area contributed by atoms with Crippen molar-refractivity contribution >= 4 is 11.6 Å². The number of nitrogens with one attached hydrogen (secondary N) is 2. The Balaban J connectivity index is 1.70. The molecule has 1 heterocycles. The second-order valence-corrected chi connectivity index (χ2v) is 6.26. The third kappa shape index (κ3) is 1.66. The van der Waals surface area contributed by atoms with Gasteiger partial charge in [0.1, 0.15) is 5.78 Å². The number of carbonyl (C=O) groups excluding carboxylic acids is 2. The summed E-state index contributed by atoms with van der Waals surface area (Å²) in [5.41, 5.74) is -0.0848. The van der Waals surface area contributed by atoms with E-state index in [-0.39, 0.29) is 34.9 Å². The zero-order valence-corrected chi connectivity index (χ0v) is 10.5. The van der Waals surface area contributed by atoms with Crippen LogP contribution in [0.25, 0.3) is 0 Å². The largest absolute Gasteiger partial charge is 0.315 e. The summed E-state index contributed by atoms with van der Waals surface area (Å²) in [5, 5.41) is 6.63. The van der Waals surface area contributed by atoms with Gasteiger partial charge in [-0.1, -0.05) is 13.8 Å². The lowest BCUT2D eigenvalue weighted by molar-refractivity contribution is -0.132. The summed E-state index contributed by atoms with van der Waals surface area (Å²) in [6.45, 7) is 5.99. The summed E-state index contributed by atoms with van der Waals surface area (Å²) in [7, 11) is 0. The predicted octanol–water partition coefficient (Wildman–Crippen LogP) is 0.121. The highest BCUT2D eigenvalue weighted by Gasteiger charge is 2.68. The number of carbonyl (C=O) groups is 2. The van der Waals surface area contributed by atoms with Gasteiger partial charge in [0, 0.05) is 30.8 Å². The van der Waals surface area contributed by atoms with E-state index in [2.05, 4.69) is 10.6 Å². The Morgan fingerprint density at radius 2 is 2.06 bits per heavy atom. The second kappa shape index (κ2) is 3.62. The van der Waals surface area contributed by atoms with E-state index in [0.29, 0.717) is 12.5 Å². The molecule has 0 bridgehead atoms. The molecular weight excluding hydrogens is 216 g/mol. The van der Waals surface area contributed by atoms with Gasteiger partial charge in [-0.3, -0.25) is 9.59 Å². The van der Waals surface area contributed by atoms with Gasteiger partial charge in [0.2, 0.25) is 0 Å². The van der Waals surface area contributed by atoms with E-state index >= 15 is 0 Å². The minimum atomic E-state index is -0.226. The molecule has 0 radical (unpaired) electrons. The van der Waals surface area contributed by atoms with Crippen molar-refractivity contribution in [2.45, 2.75) is 38.8 Å². The van der Waals surface area contributed by atoms with Crippen LogP contribution in [0.1, 0.15) is 26.7 Å². The number of rotatable bonds is 2. The third-order valence-corrected chi connectivity index (χ3v) is 4.73. The highest BCUT2D eigenvalue weighted by molar-refractivity contribution is 6.05. The fourth-order valence-electron chi connectivity index (χ4n) is 3.64. The first-order valence-electron chi connectivity index (χ1n) is 6.55. The van der Waals surface area contributed by atoms with Crippen molar-refractivity contribution in [2.24, 2.45) is 17.3 Å². The summed E-state index contributed by atoms with van der Waals surface area (Å²) < 4.78 is 0. The maximum absolute atomic E-state index is 12.3. The van der Waals surface area contributed by atoms with Gasteiger partial charge in [-0.25, -0.2) is 0 Å². The normalized spacial score (nSPS) is 43.6. The average molecular weight is 236 g/mol. The molecule has 4 unspecified atom stereocenters. The number of fused-ring (bicyclic) bond motifs is 1. The van der Waals surface area contributed by atoms with Crippen molar-refractivity contribution in [3.63, 3.8) is 0 Å². The molecule has 4 atom stereocenters. The van der Waals surface area contributed by atoms with Crippen LogP contribution < -0.4 is 10.6 Å². The van der Waals surface area contributed by atoms with E-state index in [1.165, 1.54) is 0 Å². The quantitative estimate of drug-likeness (QED) is 0.715. The van der Waals surface area contributed by atoms with E-state index in [1.54, 1.807) is 0 Å². The number of hydrogen-bond donors (Lipinski definition) is 2. The molecule has 1 saturated heterocycles. The van der Waals surface area contributed by atoms with Crippen LogP contribution in [0, 0.1) is 17.3 Å². The number of hydrogen-bond acceptors (Lipinski definition) is 4. The summed E-state index contributed by atoms with van der Waals surface area (Å²) in [6, 6.07) is 0.130.